The number of likely N-dealkylation sites (tertiary alicyclic amines) is 1. The van der Waals surface area contributed by atoms with Gasteiger partial charge in [-0.25, -0.2) is 0 Å². The van der Waals surface area contributed by atoms with Gasteiger partial charge in [-0.3, -0.25) is 10.2 Å². The fourth-order valence-electron chi connectivity index (χ4n) is 1.08. The van der Waals surface area contributed by atoms with Crippen molar-refractivity contribution in [2.24, 2.45) is 0 Å². The van der Waals surface area contributed by atoms with Crippen LogP contribution in [-0.4, -0.2) is 23.5 Å². The quantitative estimate of drug-likeness (QED) is 0.606. The van der Waals surface area contributed by atoms with Gasteiger partial charge in [-0.2, -0.15) is 0 Å². The first-order chi connectivity index (χ1) is 5.08. The number of nitrogens with zero attached hydrogens (tertiary/aromatic N) is 1. The average Bonchev–Trinajstić information content (AvgIpc) is 2.32. The Kier molecular flexibility index (Phi) is 2.90. The first kappa shape index (κ1) is 9.01. The van der Waals surface area contributed by atoms with Crippen LogP contribution in [0.4, 0.5) is 0 Å². The summed E-state index contributed by atoms with van der Waals surface area (Å²) in [5.41, 5.74) is 0.155. The molecule has 1 fully saturated rings. The van der Waals surface area contributed by atoms with Gasteiger partial charge in [0.2, 0.25) is 0 Å². The molecule has 0 spiro atoms. The molecule has 0 bridgehead atoms. The van der Waals surface area contributed by atoms with Crippen molar-refractivity contribution in [2.45, 2.75) is 39.2 Å². The van der Waals surface area contributed by atoms with Crippen molar-refractivity contribution in [3.8, 4) is 0 Å². The Morgan fingerprint density at radius 2 is 1.73 bits per heavy atom. The fourth-order valence-corrected chi connectivity index (χ4v) is 1.08. The average molecular weight is 154 g/mol. The Balaban J connectivity index is 2.11. The van der Waals surface area contributed by atoms with Gasteiger partial charge < -0.3 is 0 Å². The van der Waals surface area contributed by atoms with E-state index in [4.69, 9.17) is 0 Å². The summed E-state index contributed by atoms with van der Waals surface area (Å²) in [7, 11) is 0. The van der Waals surface area contributed by atoms with E-state index < -0.39 is 0 Å². The molecule has 2 radical (unpaired) electrons. The molecule has 1 aliphatic rings. The zero-order chi connectivity index (χ0) is 8.32. The van der Waals surface area contributed by atoms with E-state index in [2.05, 4.69) is 37.7 Å². The first-order valence-electron chi connectivity index (χ1n) is 4.36. The number of nitrogens with one attached hydrogen (secondary N) is 1. The normalized spacial score (nSPS) is 21.0. The lowest BCUT2D eigenvalue weighted by Gasteiger charge is -2.23. The van der Waals surface area contributed by atoms with E-state index in [0.29, 0.717) is 0 Å². The monoisotopic (exact) mass is 154 g/mol. The van der Waals surface area contributed by atoms with Crippen LogP contribution < -0.4 is 5.32 Å². The van der Waals surface area contributed by atoms with Crippen LogP contribution >= 0.6 is 0 Å². The molecular weight excluding hydrogens is 136 g/mol. The number of rotatable bonds is 2. The van der Waals surface area contributed by atoms with Crippen molar-refractivity contribution >= 4 is 0 Å². The summed E-state index contributed by atoms with van der Waals surface area (Å²) in [5, 5.41) is 3.24. The minimum Gasteiger partial charge on any atom is -0.289 e. The highest BCUT2D eigenvalue weighted by atomic mass is 15.2. The van der Waals surface area contributed by atoms with Gasteiger partial charge in [0.15, 0.2) is 0 Å². The second-order valence-corrected chi connectivity index (χ2v) is 4.18. The third-order valence-electron chi connectivity index (χ3n) is 1.70. The van der Waals surface area contributed by atoms with Crippen molar-refractivity contribution in [1.29, 1.82) is 0 Å². The van der Waals surface area contributed by atoms with Crippen LogP contribution in [0.5, 0.6) is 0 Å². The Labute approximate surface area is 70.0 Å². The predicted molar refractivity (Wildman–Crippen MR) is 46.9 cm³/mol. The zero-order valence-electron chi connectivity index (χ0n) is 7.78. The molecule has 1 N–H and O–H groups in total. The molecule has 0 atom stereocenters. The third-order valence-corrected chi connectivity index (χ3v) is 1.70. The molecule has 0 aromatic carbocycles. The highest BCUT2D eigenvalue weighted by Gasteiger charge is 2.15. The fraction of sp³-hybridized carbons (Fsp3) is 0.889. The lowest BCUT2D eigenvalue weighted by molar-refractivity contribution is 0.328. The highest BCUT2D eigenvalue weighted by Crippen LogP contribution is 2.09. The third kappa shape index (κ3) is 3.73. The summed E-state index contributed by atoms with van der Waals surface area (Å²) < 4.78 is 0. The molecular formula is C9H18N2. The molecule has 2 nitrogen and oxygen atoms in total. The van der Waals surface area contributed by atoms with Crippen molar-refractivity contribution in [1.82, 2.24) is 10.2 Å². The van der Waals surface area contributed by atoms with Crippen molar-refractivity contribution in [3.05, 3.63) is 6.67 Å². The second kappa shape index (κ2) is 3.55. The van der Waals surface area contributed by atoms with Crippen molar-refractivity contribution < 1.29 is 0 Å². The van der Waals surface area contributed by atoms with Crippen LogP contribution in [-0.2, 0) is 0 Å². The minimum atomic E-state index is 0.155. The van der Waals surface area contributed by atoms with E-state index in [1.807, 2.05) is 0 Å². The van der Waals surface area contributed by atoms with E-state index >= 15 is 0 Å². The molecule has 0 aromatic heterocycles. The van der Waals surface area contributed by atoms with Crippen LogP contribution in [0.25, 0.3) is 0 Å². The molecule has 64 valence electrons. The van der Waals surface area contributed by atoms with E-state index in [0.717, 1.165) is 0 Å². The molecule has 1 rings (SSSR count). The molecule has 0 amide bonds. The molecule has 0 aliphatic carbocycles. The molecule has 2 heteroatoms. The van der Waals surface area contributed by atoms with E-state index in [-0.39, 0.29) is 5.54 Å². The smallest absolute Gasteiger partial charge is 0.143 e. The lowest BCUT2D eigenvalue weighted by atomic mass is 10.1. The van der Waals surface area contributed by atoms with Crippen LogP contribution in [0.1, 0.15) is 33.6 Å². The Morgan fingerprint density at radius 3 is 2.18 bits per heavy atom. The number of hydrogen-bond acceptors (Lipinski definition) is 2. The zero-order valence-corrected chi connectivity index (χ0v) is 7.78. The molecule has 0 unspecified atom stereocenters. The molecule has 1 heterocycles. The van der Waals surface area contributed by atoms with E-state index in [1.165, 1.54) is 25.9 Å². The largest absolute Gasteiger partial charge is 0.289 e. The topological polar surface area (TPSA) is 15.3 Å². The molecule has 0 aromatic rings. The van der Waals surface area contributed by atoms with Gasteiger partial charge >= 0.3 is 0 Å². The van der Waals surface area contributed by atoms with Crippen LogP contribution in [0.15, 0.2) is 0 Å². The standard InChI is InChI=1S/C9H18N2/c1-9(2,3)10-8-11-6-4-5-7-11/h10H,4-7H2,1-3H3. The van der Waals surface area contributed by atoms with Gasteiger partial charge in [0, 0.05) is 18.6 Å². The van der Waals surface area contributed by atoms with Crippen LogP contribution in [0.3, 0.4) is 0 Å². The van der Waals surface area contributed by atoms with Gasteiger partial charge in [-0.05, 0) is 33.6 Å². The van der Waals surface area contributed by atoms with Gasteiger partial charge in [0.25, 0.3) is 0 Å². The lowest BCUT2D eigenvalue weighted by Crippen LogP contribution is -2.39. The maximum Gasteiger partial charge on any atom is 0.143 e. The van der Waals surface area contributed by atoms with Gasteiger partial charge in [-0.1, -0.05) is 0 Å². The summed E-state index contributed by atoms with van der Waals surface area (Å²) >= 11 is 0. The van der Waals surface area contributed by atoms with Gasteiger partial charge in [-0.15, -0.1) is 0 Å². The first-order valence-corrected chi connectivity index (χ1v) is 4.36. The van der Waals surface area contributed by atoms with Crippen LogP contribution in [0, 0.1) is 6.67 Å². The summed E-state index contributed by atoms with van der Waals surface area (Å²) in [6, 6.07) is 0. The highest BCUT2D eigenvalue weighted by molar-refractivity contribution is 4.79. The summed E-state index contributed by atoms with van der Waals surface area (Å²) in [6.07, 6.45) is 2.64. The predicted octanol–water partition coefficient (Wildman–Crippen LogP) is 1.47. The summed E-state index contributed by atoms with van der Waals surface area (Å²) in [6.45, 7) is 12.0. The van der Waals surface area contributed by atoms with E-state index in [9.17, 15) is 0 Å². The molecule has 0 saturated carbocycles. The minimum absolute atomic E-state index is 0.155. The molecule has 11 heavy (non-hydrogen) atoms. The van der Waals surface area contributed by atoms with Crippen LogP contribution in [0.2, 0.25) is 0 Å². The van der Waals surface area contributed by atoms with Gasteiger partial charge in [0.05, 0.1) is 0 Å². The Bertz CT molecular complexity index is 109. The maximum absolute atomic E-state index is 3.24. The van der Waals surface area contributed by atoms with E-state index in [1.54, 1.807) is 0 Å². The summed E-state index contributed by atoms with van der Waals surface area (Å²) in [5.74, 6) is 0. The maximum atomic E-state index is 3.24. The van der Waals surface area contributed by atoms with Crippen molar-refractivity contribution in [3.63, 3.8) is 0 Å². The second-order valence-electron chi connectivity index (χ2n) is 4.18. The molecule has 1 saturated heterocycles. The molecule has 1 aliphatic heterocycles. The Hall–Kier alpha value is -0.0800. The Morgan fingerprint density at radius 1 is 1.18 bits per heavy atom. The van der Waals surface area contributed by atoms with Gasteiger partial charge in [0.1, 0.15) is 6.67 Å². The summed E-state index contributed by atoms with van der Waals surface area (Å²) in [4.78, 5) is 2.23. The van der Waals surface area contributed by atoms with Crippen molar-refractivity contribution in [2.75, 3.05) is 13.1 Å². The SMILES string of the molecule is CC(C)(C)N[C]N1CCCC1. The number of hydrogen-bond donors (Lipinski definition) is 1.